The quantitative estimate of drug-likeness (QED) is 0.854. The molecule has 2 aliphatic heterocycles. The van der Waals surface area contributed by atoms with Gasteiger partial charge in [-0.3, -0.25) is 4.90 Å². The van der Waals surface area contributed by atoms with Gasteiger partial charge >= 0.3 is 0 Å². The number of rotatable bonds is 3. The average molecular weight is 268 g/mol. The van der Waals surface area contributed by atoms with Crippen LogP contribution in [0.1, 0.15) is 47.0 Å². The summed E-state index contributed by atoms with van der Waals surface area (Å²) in [6.45, 7) is 14.4. The second kappa shape index (κ2) is 5.71. The van der Waals surface area contributed by atoms with Crippen LogP contribution in [0.15, 0.2) is 0 Å². The summed E-state index contributed by atoms with van der Waals surface area (Å²) >= 11 is 0. The first kappa shape index (κ1) is 15.3. The van der Waals surface area contributed by atoms with Crippen LogP contribution in [0.2, 0.25) is 0 Å². The molecule has 2 rings (SSSR count). The summed E-state index contributed by atoms with van der Waals surface area (Å²) in [5.74, 6) is 1.47. The predicted octanol–water partition coefficient (Wildman–Crippen LogP) is 2.50. The van der Waals surface area contributed by atoms with Gasteiger partial charge in [-0.2, -0.15) is 0 Å². The second-order valence-corrected chi connectivity index (χ2v) is 7.75. The van der Waals surface area contributed by atoms with E-state index in [0.29, 0.717) is 11.3 Å². The predicted molar refractivity (Wildman–Crippen MR) is 80.1 cm³/mol. The molecule has 0 radical (unpaired) electrons. The zero-order chi connectivity index (χ0) is 14.1. The van der Waals surface area contributed by atoms with E-state index in [1.165, 1.54) is 32.4 Å². The number of ether oxygens (including phenoxy) is 1. The molecule has 3 nitrogen and oxygen atoms in total. The minimum atomic E-state index is 0.138. The number of hydrogen-bond acceptors (Lipinski definition) is 3. The first-order valence-electron chi connectivity index (χ1n) is 7.91. The molecule has 0 bridgehead atoms. The number of piperidine rings is 1. The van der Waals surface area contributed by atoms with Crippen molar-refractivity contribution in [2.24, 2.45) is 23.0 Å². The van der Waals surface area contributed by atoms with Crippen LogP contribution in [0.4, 0.5) is 0 Å². The Kier molecular flexibility index (Phi) is 4.59. The molecule has 2 aliphatic rings. The maximum absolute atomic E-state index is 6.14. The van der Waals surface area contributed by atoms with Gasteiger partial charge in [0.15, 0.2) is 0 Å². The van der Waals surface area contributed by atoms with Crippen LogP contribution in [0.5, 0.6) is 0 Å². The molecule has 19 heavy (non-hydrogen) atoms. The lowest BCUT2D eigenvalue weighted by atomic mass is 9.73. The van der Waals surface area contributed by atoms with Crippen molar-refractivity contribution in [2.75, 3.05) is 32.8 Å². The van der Waals surface area contributed by atoms with Gasteiger partial charge in [0, 0.05) is 24.6 Å². The second-order valence-electron chi connectivity index (χ2n) is 7.75. The maximum atomic E-state index is 6.14. The number of nitrogens with two attached hydrogens (primary N) is 1. The molecule has 0 aromatic rings. The van der Waals surface area contributed by atoms with E-state index < -0.39 is 0 Å². The maximum Gasteiger partial charge on any atom is 0.0513 e. The van der Waals surface area contributed by atoms with E-state index in [0.717, 1.165) is 25.7 Å². The summed E-state index contributed by atoms with van der Waals surface area (Å²) in [7, 11) is 0. The largest absolute Gasteiger partial charge is 0.381 e. The van der Waals surface area contributed by atoms with Gasteiger partial charge in [-0.1, -0.05) is 20.8 Å². The summed E-state index contributed by atoms with van der Waals surface area (Å²) in [6.07, 6.45) is 3.80. The molecule has 3 heteroatoms. The van der Waals surface area contributed by atoms with Gasteiger partial charge in [0.2, 0.25) is 0 Å². The van der Waals surface area contributed by atoms with Gasteiger partial charge in [-0.25, -0.2) is 0 Å². The summed E-state index contributed by atoms with van der Waals surface area (Å²) in [5.41, 5.74) is 6.73. The lowest BCUT2D eigenvalue weighted by Crippen LogP contribution is -2.59. The summed E-state index contributed by atoms with van der Waals surface area (Å²) in [5, 5.41) is 0. The molecule has 2 fully saturated rings. The van der Waals surface area contributed by atoms with Gasteiger partial charge in [-0.05, 0) is 50.6 Å². The summed E-state index contributed by atoms with van der Waals surface area (Å²) in [4.78, 5) is 2.65. The fourth-order valence-corrected chi connectivity index (χ4v) is 3.84. The van der Waals surface area contributed by atoms with E-state index in [9.17, 15) is 0 Å². The highest BCUT2D eigenvalue weighted by atomic mass is 16.5. The minimum Gasteiger partial charge on any atom is -0.381 e. The topological polar surface area (TPSA) is 38.5 Å². The van der Waals surface area contributed by atoms with Gasteiger partial charge in [0.05, 0.1) is 6.61 Å². The zero-order valence-electron chi connectivity index (χ0n) is 13.2. The summed E-state index contributed by atoms with van der Waals surface area (Å²) in [6, 6.07) is 0. The Hall–Kier alpha value is -0.120. The molecular weight excluding hydrogens is 236 g/mol. The molecule has 0 spiro atoms. The van der Waals surface area contributed by atoms with E-state index in [1.54, 1.807) is 0 Å². The van der Waals surface area contributed by atoms with Crippen molar-refractivity contribution < 1.29 is 4.74 Å². The van der Waals surface area contributed by atoms with Crippen LogP contribution in [0.25, 0.3) is 0 Å². The van der Waals surface area contributed by atoms with Crippen molar-refractivity contribution in [1.29, 1.82) is 0 Å². The van der Waals surface area contributed by atoms with Crippen LogP contribution < -0.4 is 5.73 Å². The lowest BCUT2D eigenvalue weighted by molar-refractivity contribution is 0.00214. The molecule has 2 atom stereocenters. The van der Waals surface area contributed by atoms with Gasteiger partial charge in [0.1, 0.15) is 0 Å². The van der Waals surface area contributed by atoms with Gasteiger partial charge in [-0.15, -0.1) is 0 Å². The molecule has 0 aliphatic carbocycles. The standard InChI is InChI=1S/C16H32N2O/c1-15(2,3)13-5-8-18(9-6-13)16(4,12-17)14-7-10-19-11-14/h13-14H,5-12,17H2,1-4H3. The monoisotopic (exact) mass is 268 g/mol. The molecule has 2 saturated heterocycles. The number of likely N-dealkylation sites (tertiary alicyclic amines) is 1. The Labute approximate surface area is 118 Å². The van der Waals surface area contributed by atoms with Crippen LogP contribution >= 0.6 is 0 Å². The Bertz CT molecular complexity index is 286. The van der Waals surface area contributed by atoms with Crippen LogP contribution in [0, 0.1) is 17.3 Å². The fraction of sp³-hybridized carbons (Fsp3) is 1.00. The van der Waals surface area contributed by atoms with Crippen molar-refractivity contribution >= 4 is 0 Å². The zero-order valence-corrected chi connectivity index (χ0v) is 13.2. The molecular formula is C16H32N2O. The fourth-order valence-electron chi connectivity index (χ4n) is 3.84. The normalized spacial score (nSPS) is 30.5. The number of nitrogens with zero attached hydrogens (tertiary/aromatic N) is 1. The van der Waals surface area contributed by atoms with E-state index in [2.05, 4.69) is 32.6 Å². The highest BCUT2D eigenvalue weighted by molar-refractivity contribution is 4.97. The van der Waals surface area contributed by atoms with Crippen molar-refractivity contribution in [3.05, 3.63) is 0 Å². The van der Waals surface area contributed by atoms with Crippen LogP contribution in [-0.2, 0) is 4.74 Å². The molecule has 0 aromatic carbocycles. The Morgan fingerprint density at radius 3 is 2.11 bits per heavy atom. The Balaban J connectivity index is 1.98. The van der Waals surface area contributed by atoms with Crippen molar-refractivity contribution in [2.45, 2.75) is 52.5 Å². The van der Waals surface area contributed by atoms with E-state index in [4.69, 9.17) is 10.5 Å². The molecule has 0 saturated carbocycles. The Morgan fingerprint density at radius 2 is 1.68 bits per heavy atom. The number of hydrogen-bond donors (Lipinski definition) is 1. The van der Waals surface area contributed by atoms with Crippen molar-refractivity contribution in [3.8, 4) is 0 Å². The van der Waals surface area contributed by atoms with Crippen LogP contribution in [-0.4, -0.2) is 43.3 Å². The smallest absolute Gasteiger partial charge is 0.0513 e. The summed E-state index contributed by atoms with van der Waals surface area (Å²) < 4.78 is 5.59. The minimum absolute atomic E-state index is 0.138. The molecule has 2 N–H and O–H groups in total. The van der Waals surface area contributed by atoms with Crippen molar-refractivity contribution in [1.82, 2.24) is 4.90 Å². The third-order valence-corrected chi connectivity index (χ3v) is 5.66. The molecule has 2 heterocycles. The van der Waals surface area contributed by atoms with Gasteiger partial charge in [0.25, 0.3) is 0 Å². The SMILES string of the molecule is CC(C)(C)C1CCN(C(C)(CN)C2CCOC2)CC1. The third-order valence-electron chi connectivity index (χ3n) is 5.66. The van der Waals surface area contributed by atoms with Gasteiger partial charge < -0.3 is 10.5 Å². The average Bonchev–Trinajstić information content (AvgIpc) is 2.91. The highest BCUT2D eigenvalue weighted by Crippen LogP contribution is 2.38. The Morgan fingerprint density at radius 1 is 1.05 bits per heavy atom. The van der Waals surface area contributed by atoms with E-state index in [1.807, 2.05) is 0 Å². The van der Waals surface area contributed by atoms with E-state index in [-0.39, 0.29) is 5.54 Å². The lowest BCUT2D eigenvalue weighted by Gasteiger charge is -2.49. The first-order valence-corrected chi connectivity index (χ1v) is 7.91. The van der Waals surface area contributed by atoms with Crippen molar-refractivity contribution in [3.63, 3.8) is 0 Å². The van der Waals surface area contributed by atoms with Crippen LogP contribution in [0.3, 0.4) is 0 Å². The van der Waals surface area contributed by atoms with E-state index >= 15 is 0 Å². The first-order chi connectivity index (χ1) is 8.88. The molecule has 0 amide bonds. The molecule has 0 aromatic heterocycles. The molecule has 112 valence electrons. The molecule has 2 unspecified atom stereocenters. The third kappa shape index (κ3) is 3.14. The highest BCUT2D eigenvalue weighted by Gasteiger charge is 2.42.